The van der Waals surface area contributed by atoms with E-state index in [4.69, 9.17) is 5.11 Å². The molecule has 0 bridgehead atoms. The van der Waals surface area contributed by atoms with Crippen molar-refractivity contribution in [2.24, 2.45) is 7.05 Å². The van der Waals surface area contributed by atoms with Crippen molar-refractivity contribution in [2.45, 2.75) is 39.2 Å². The largest absolute Gasteiger partial charge is 0.481 e. The molecule has 0 unspecified atom stereocenters. The van der Waals surface area contributed by atoms with Crippen molar-refractivity contribution < 1.29 is 9.90 Å². The lowest BCUT2D eigenvalue weighted by molar-refractivity contribution is -0.137. The smallest absolute Gasteiger partial charge is 0.332 e. The van der Waals surface area contributed by atoms with E-state index in [1.54, 1.807) is 0 Å². The van der Waals surface area contributed by atoms with Gasteiger partial charge in [0.1, 0.15) is 11.3 Å². The third-order valence-corrected chi connectivity index (χ3v) is 3.40. The number of fused-ring (bicyclic) bond motifs is 1. The van der Waals surface area contributed by atoms with Crippen molar-refractivity contribution in [1.29, 1.82) is 0 Å². The maximum absolute atomic E-state index is 12.1. The maximum Gasteiger partial charge on any atom is 0.332 e. The number of nitrogens with zero attached hydrogens (tertiary/aromatic N) is 3. The van der Waals surface area contributed by atoms with Crippen molar-refractivity contribution in [3.8, 4) is 0 Å². The summed E-state index contributed by atoms with van der Waals surface area (Å²) in [5.41, 5.74) is -0.117. The Morgan fingerprint density at radius 1 is 1.33 bits per heavy atom. The van der Waals surface area contributed by atoms with Crippen LogP contribution in [0.3, 0.4) is 0 Å². The Kier molecular flexibility index (Phi) is 4.25. The average molecular weight is 294 g/mol. The number of rotatable bonds is 6. The van der Waals surface area contributed by atoms with Crippen LogP contribution in [0.4, 0.5) is 0 Å². The topological polar surface area (TPSA) is 110 Å². The molecule has 21 heavy (non-hydrogen) atoms. The van der Waals surface area contributed by atoms with Gasteiger partial charge in [0.25, 0.3) is 5.56 Å². The lowest BCUT2D eigenvalue weighted by atomic mass is 10.2. The summed E-state index contributed by atoms with van der Waals surface area (Å²) in [7, 11) is 1.43. The first-order valence-electron chi connectivity index (χ1n) is 6.86. The van der Waals surface area contributed by atoms with Crippen LogP contribution >= 0.6 is 0 Å². The van der Waals surface area contributed by atoms with Crippen LogP contribution in [0, 0.1) is 0 Å². The molecule has 0 aliphatic heterocycles. The molecule has 8 nitrogen and oxygen atoms in total. The molecule has 0 saturated carbocycles. The monoisotopic (exact) mass is 294 g/mol. The number of aromatic nitrogens is 4. The molecule has 0 saturated heterocycles. The molecule has 0 aliphatic rings. The van der Waals surface area contributed by atoms with Crippen molar-refractivity contribution in [3.63, 3.8) is 0 Å². The number of unbranched alkanes of at least 4 members (excludes halogenated alkanes) is 1. The first-order chi connectivity index (χ1) is 9.95. The Morgan fingerprint density at radius 3 is 2.67 bits per heavy atom. The lowest BCUT2D eigenvalue weighted by Gasteiger charge is -2.04. The number of carboxylic acid groups (broad SMARTS) is 1. The van der Waals surface area contributed by atoms with Crippen molar-refractivity contribution in [1.82, 2.24) is 19.1 Å². The molecule has 0 aliphatic carbocycles. The molecule has 0 radical (unpaired) electrons. The van der Waals surface area contributed by atoms with Gasteiger partial charge in [-0.25, -0.2) is 9.78 Å². The van der Waals surface area contributed by atoms with E-state index >= 15 is 0 Å². The average Bonchev–Trinajstić information content (AvgIpc) is 2.86. The highest BCUT2D eigenvalue weighted by Gasteiger charge is 2.14. The van der Waals surface area contributed by atoms with Gasteiger partial charge in [0.15, 0.2) is 5.65 Å². The summed E-state index contributed by atoms with van der Waals surface area (Å²) in [6.45, 7) is 2.24. The second kappa shape index (κ2) is 5.94. The fourth-order valence-corrected chi connectivity index (χ4v) is 2.25. The summed E-state index contributed by atoms with van der Waals surface area (Å²) in [5.74, 6) is -0.228. The second-order valence-electron chi connectivity index (χ2n) is 4.87. The van der Waals surface area contributed by atoms with E-state index < -0.39 is 11.5 Å². The zero-order chi connectivity index (χ0) is 15.6. The third-order valence-electron chi connectivity index (χ3n) is 3.40. The number of carboxylic acids is 1. The Bertz CT molecular complexity index is 784. The Hall–Kier alpha value is -2.38. The van der Waals surface area contributed by atoms with Crippen LogP contribution in [0.15, 0.2) is 9.59 Å². The minimum absolute atomic E-state index is 0.113. The standard InChI is InChI=1S/C13H18N4O4/c1-3-17-11-10(12(20)16(2)13(17)21)14-8(15-11)6-4-5-7-9(18)19/h3-7H2,1-2H3,(H,14,15)(H,18,19). The maximum atomic E-state index is 12.1. The first kappa shape index (κ1) is 15.0. The van der Waals surface area contributed by atoms with Crippen LogP contribution in [-0.2, 0) is 24.8 Å². The summed E-state index contributed by atoms with van der Waals surface area (Å²) in [5, 5.41) is 8.59. The van der Waals surface area contributed by atoms with Crippen molar-refractivity contribution >= 4 is 17.1 Å². The zero-order valence-electron chi connectivity index (χ0n) is 12.0. The minimum atomic E-state index is -0.826. The van der Waals surface area contributed by atoms with Gasteiger partial charge in [0, 0.05) is 26.4 Å². The highest BCUT2D eigenvalue weighted by molar-refractivity contribution is 5.69. The predicted molar refractivity (Wildman–Crippen MR) is 76.5 cm³/mol. The van der Waals surface area contributed by atoms with Gasteiger partial charge in [-0.3, -0.25) is 18.7 Å². The molecule has 0 atom stereocenters. The number of nitrogens with one attached hydrogen (secondary N) is 1. The van der Waals surface area contributed by atoms with Crippen LogP contribution in [0.25, 0.3) is 11.2 Å². The minimum Gasteiger partial charge on any atom is -0.481 e. The first-order valence-corrected chi connectivity index (χ1v) is 6.86. The van der Waals surface area contributed by atoms with Gasteiger partial charge in [-0.2, -0.15) is 0 Å². The summed E-state index contributed by atoms with van der Waals surface area (Å²) in [4.78, 5) is 41.7. The van der Waals surface area contributed by atoms with E-state index in [9.17, 15) is 14.4 Å². The number of aliphatic carboxylic acids is 1. The van der Waals surface area contributed by atoms with E-state index in [-0.39, 0.29) is 12.1 Å². The predicted octanol–water partition coefficient (Wildman–Crippen LogP) is 0.241. The molecule has 2 heterocycles. The van der Waals surface area contributed by atoms with Crippen molar-refractivity contribution in [2.75, 3.05) is 0 Å². The summed E-state index contributed by atoms with van der Waals surface area (Å²) < 4.78 is 2.49. The number of imidazole rings is 1. The van der Waals surface area contributed by atoms with E-state index in [1.807, 2.05) is 6.92 Å². The Labute approximate surface area is 120 Å². The quantitative estimate of drug-likeness (QED) is 0.742. The number of hydrogen-bond donors (Lipinski definition) is 2. The van der Waals surface area contributed by atoms with E-state index in [2.05, 4.69) is 9.97 Å². The summed E-state index contributed by atoms with van der Waals surface area (Å²) in [6, 6.07) is 0. The van der Waals surface area contributed by atoms with E-state index in [0.29, 0.717) is 42.8 Å². The van der Waals surface area contributed by atoms with Crippen molar-refractivity contribution in [3.05, 3.63) is 26.7 Å². The molecule has 8 heteroatoms. The Morgan fingerprint density at radius 2 is 2.05 bits per heavy atom. The van der Waals surface area contributed by atoms with Gasteiger partial charge < -0.3 is 10.1 Å². The molecule has 114 valence electrons. The zero-order valence-corrected chi connectivity index (χ0v) is 12.0. The lowest BCUT2D eigenvalue weighted by Crippen LogP contribution is -2.37. The normalized spacial score (nSPS) is 11.1. The van der Waals surface area contributed by atoms with Crippen LogP contribution in [-0.4, -0.2) is 30.2 Å². The van der Waals surface area contributed by atoms with Gasteiger partial charge in [0.2, 0.25) is 0 Å². The van der Waals surface area contributed by atoms with Gasteiger partial charge in [-0.15, -0.1) is 0 Å². The highest BCUT2D eigenvalue weighted by atomic mass is 16.4. The molecule has 2 rings (SSSR count). The van der Waals surface area contributed by atoms with Crippen LogP contribution in [0.5, 0.6) is 0 Å². The molecule has 0 aromatic carbocycles. The SMILES string of the molecule is CCn1c(=O)n(C)c(=O)c2[nH]c(CCCCC(=O)O)nc21. The Balaban J connectivity index is 2.33. The number of aromatic amines is 1. The van der Waals surface area contributed by atoms with Gasteiger partial charge in [-0.05, 0) is 19.8 Å². The fraction of sp³-hybridized carbons (Fsp3) is 0.538. The number of H-pyrrole nitrogens is 1. The second-order valence-corrected chi connectivity index (χ2v) is 4.87. The number of carbonyl (C=O) groups is 1. The van der Waals surface area contributed by atoms with E-state index in [0.717, 1.165) is 4.57 Å². The summed E-state index contributed by atoms with van der Waals surface area (Å²) in [6.07, 6.45) is 1.86. The molecule has 2 N–H and O–H groups in total. The van der Waals surface area contributed by atoms with Crippen LogP contribution < -0.4 is 11.2 Å². The van der Waals surface area contributed by atoms with E-state index in [1.165, 1.54) is 11.6 Å². The third kappa shape index (κ3) is 2.88. The molecular weight excluding hydrogens is 276 g/mol. The summed E-state index contributed by atoms with van der Waals surface area (Å²) >= 11 is 0. The molecular formula is C13H18N4O4. The van der Waals surface area contributed by atoms with Crippen LogP contribution in [0.1, 0.15) is 32.0 Å². The fourth-order valence-electron chi connectivity index (χ4n) is 2.25. The molecule has 2 aromatic rings. The molecule has 0 amide bonds. The highest BCUT2D eigenvalue weighted by Crippen LogP contribution is 2.09. The molecule has 0 spiro atoms. The van der Waals surface area contributed by atoms with Crippen LogP contribution in [0.2, 0.25) is 0 Å². The number of aryl methyl sites for hydroxylation is 2. The molecule has 2 aromatic heterocycles. The van der Waals surface area contributed by atoms with Gasteiger partial charge in [-0.1, -0.05) is 0 Å². The van der Waals surface area contributed by atoms with Gasteiger partial charge in [0.05, 0.1) is 0 Å². The van der Waals surface area contributed by atoms with Gasteiger partial charge >= 0.3 is 11.7 Å². The number of hydrogen-bond acceptors (Lipinski definition) is 4. The molecule has 0 fully saturated rings.